The Bertz CT molecular complexity index is 837. The van der Waals surface area contributed by atoms with E-state index in [9.17, 15) is 4.39 Å². The minimum absolute atomic E-state index is 0.0123. The van der Waals surface area contributed by atoms with Crippen molar-refractivity contribution in [1.29, 1.82) is 0 Å². The summed E-state index contributed by atoms with van der Waals surface area (Å²) in [4.78, 5) is 0. The smallest absolute Gasteiger partial charge is 0.277 e. The number of nitrogens with zero attached hydrogens (tertiary/aromatic N) is 2. The lowest BCUT2D eigenvalue weighted by molar-refractivity contribution is 0.465. The summed E-state index contributed by atoms with van der Waals surface area (Å²) in [5, 5.41) is 8.77. The van der Waals surface area contributed by atoms with Gasteiger partial charge in [-0.3, -0.25) is 0 Å². The van der Waals surface area contributed by atoms with Gasteiger partial charge in [0.05, 0.1) is 5.02 Å². The third kappa shape index (κ3) is 3.57. The molecule has 6 heteroatoms. The second-order valence-electron chi connectivity index (χ2n) is 5.12. The highest BCUT2D eigenvalue weighted by atomic mass is 35.5. The van der Waals surface area contributed by atoms with Crippen molar-refractivity contribution in [3.63, 3.8) is 0 Å². The van der Waals surface area contributed by atoms with E-state index in [2.05, 4.69) is 10.2 Å². The van der Waals surface area contributed by atoms with Gasteiger partial charge in [0.2, 0.25) is 5.89 Å². The molecule has 0 N–H and O–H groups in total. The largest absolute Gasteiger partial charge is 0.411 e. The Morgan fingerprint density at radius 1 is 1.17 bits per heavy atom. The van der Waals surface area contributed by atoms with E-state index in [0.717, 1.165) is 16.7 Å². The van der Waals surface area contributed by atoms with Gasteiger partial charge in [-0.05, 0) is 43.2 Å². The fourth-order valence-corrected chi connectivity index (χ4v) is 3.15. The first-order chi connectivity index (χ1) is 11.0. The lowest BCUT2D eigenvalue weighted by atomic mass is 10.1. The van der Waals surface area contributed by atoms with Gasteiger partial charge in [-0.1, -0.05) is 47.6 Å². The van der Waals surface area contributed by atoms with Crippen LogP contribution in [-0.2, 0) is 0 Å². The Balaban J connectivity index is 1.78. The molecule has 23 heavy (non-hydrogen) atoms. The Labute approximate surface area is 142 Å². The zero-order valence-electron chi connectivity index (χ0n) is 12.6. The molecule has 0 radical (unpaired) electrons. The highest BCUT2D eigenvalue weighted by Gasteiger charge is 2.16. The van der Waals surface area contributed by atoms with Crippen LogP contribution in [0.25, 0.3) is 11.5 Å². The molecule has 3 rings (SSSR count). The van der Waals surface area contributed by atoms with Gasteiger partial charge in [0.15, 0.2) is 0 Å². The molecule has 1 aromatic heterocycles. The van der Waals surface area contributed by atoms with Crippen LogP contribution in [0.1, 0.15) is 23.3 Å². The number of thioether (sulfide) groups is 1. The summed E-state index contributed by atoms with van der Waals surface area (Å²) in [5.74, 6) is 0.0715. The van der Waals surface area contributed by atoms with Crippen molar-refractivity contribution in [2.75, 3.05) is 0 Å². The summed E-state index contributed by atoms with van der Waals surface area (Å²) >= 11 is 7.24. The van der Waals surface area contributed by atoms with Crippen LogP contribution in [0.5, 0.6) is 0 Å². The fourth-order valence-electron chi connectivity index (χ4n) is 2.16. The molecule has 118 valence electrons. The number of hydrogen-bond donors (Lipinski definition) is 0. The SMILES string of the molecule is Cc1ccccc1-c1nnc(SC(C)c2ccc(F)c(Cl)c2)o1. The second kappa shape index (κ2) is 6.72. The van der Waals surface area contributed by atoms with Gasteiger partial charge in [0.1, 0.15) is 5.82 Å². The lowest BCUT2D eigenvalue weighted by Crippen LogP contribution is -1.90. The molecule has 0 aliphatic carbocycles. The van der Waals surface area contributed by atoms with Crippen molar-refractivity contribution in [1.82, 2.24) is 10.2 Å². The maximum Gasteiger partial charge on any atom is 0.277 e. The molecule has 3 aromatic rings. The van der Waals surface area contributed by atoms with E-state index in [1.54, 1.807) is 12.1 Å². The summed E-state index contributed by atoms with van der Waals surface area (Å²) in [6.45, 7) is 3.97. The maximum absolute atomic E-state index is 13.2. The molecular weight excluding hydrogens is 335 g/mol. The van der Waals surface area contributed by atoms with E-state index in [4.69, 9.17) is 16.0 Å². The van der Waals surface area contributed by atoms with E-state index in [-0.39, 0.29) is 10.3 Å². The van der Waals surface area contributed by atoms with Gasteiger partial charge in [0, 0.05) is 10.8 Å². The van der Waals surface area contributed by atoms with Crippen LogP contribution in [0, 0.1) is 12.7 Å². The summed E-state index contributed by atoms with van der Waals surface area (Å²) in [6, 6.07) is 12.5. The van der Waals surface area contributed by atoms with E-state index in [1.165, 1.54) is 17.8 Å². The summed E-state index contributed by atoms with van der Waals surface area (Å²) in [5.41, 5.74) is 2.90. The molecule has 0 saturated heterocycles. The number of aryl methyl sites for hydroxylation is 1. The summed E-state index contributed by atoms with van der Waals surface area (Å²) < 4.78 is 19.0. The van der Waals surface area contributed by atoms with Gasteiger partial charge in [0.25, 0.3) is 5.22 Å². The molecule has 1 atom stereocenters. The zero-order valence-corrected chi connectivity index (χ0v) is 14.2. The molecular formula is C17H14ClFN2OS. The van der Waals surface area contributed by atoms with E-state index < -0.39 is 5.82 Å². The predicted molar refractivity (Wildman–Crippen MR) is 90.2 cm³/mol. The van der Waals surface area contributed by atoms with Gasteiger partial charge < -0.3 is 4.42 Å². The van der Waals surface area contributed by atoms with Gasteiger partial charge in [-0.25, -0.2) is 4.39 Å². The average Bonchev–Trinajstić information content (AvgIpc) is 2.98. The molecule has 0 amide bonds. The zero-order chi connectivity index (χ0) is 16.4. The topological polar surface area (TPSA) is 38.9 Å². The van der Waals surface area contributed by atoms with Crippen molar-refractivity contribution in [2.24, 2.45) is 0 Å². The molecule has 0 aliphatic rings. The van der Waals surface area contributed by atoms with Crippen LogP contribution in [0.15, 0.2) is 52.1 Å². The van der Waals surface area contributed by atoms with Gasteiger partial charge in [-0.2, -0.15) is 0 Å². The molecule has 0 fully saturated rings. The fraction of sp³-hybridized carbons (Fsp3) is 0.176. The van der Waals surface area contributed by atoms with E-state index >= 15 is 0 Å². The van der Waals surface area contributed by atoms with Crippen molar-refractivity contribution in [2.45, 2.75) is 24.3 Å². The van der Waals surface area contributed by atoms with Crippen molar-refractivity contribution in [3.05, 3.63) is 64.4 Å². The standard InChI is InChI=1S/C17H14ClFN2OS/c1-10-5-3-4-6-13(10)16-20-21-17(22-16)23-11(2)12-7-8-15(19)14(18)9-12/h3-9,11H,1-2H3. The van der Waals surface area contributed by atoms with E-state index in [1.807, 2.05) is 38.1 Å². The molecule has 3 nitrogen and oxygen atoms in total. The summed E-state index contributed by atoms with van der Waals surface area (Å²) in [6.07, 6.45) is 0. The monoisotopic (exact) mass is 348 g/mol. The number of rotatable bonds is 4. The van der Waals surface area contributed by atoms with Crippen molar-refractivity contribution >= 4 is 23.4 Å². The molecule has 0 saturated carbocycles. The molecule has 2 aromatic carbocycles. The van der Waals surface area contributed by atoms with Crippen LogP contribution < -0.4 is 0 Å². The number of halogens is 2. The summed E-state index contributed by atoms with van der Waals surface area (Å²) in [7, 11) is 0. The van der Waals surface area contributed by atoms with Crippen LogP contribution in [0.2, 0.25) is 5.02 Å². The Kier molecular flexibility index (Phi) is 4.68. The third-order valence-electron chi connectivity index (χ3n) is 3.47. The number of benzene rings is 2. The second-order valence-corrected chi connectivity index (χ2v) is 6.82. The molecule has 1 heterocycles. The maximum atomic E-state index is 13.2. The first-order valence-corrected chi connectivity index (χ1v) is 8.31. The van der Waals surface area contributed by atoms with Gasteiger partial charge in [-0.15, -0.1) is 10.2 Å². The third-order valence-corrected chi connectivity index (χ3v) is 4.75. The molecule has 0 bridgehead atoms. The van der Waals surface area contributed by atoms with Crippen molar-refractivity contribution in [3.8, 4) is 11.5 Å². The van der Waals surface area contributed by atoms with Crippen LogP contribution in [0.4, 0.5) is 4.39 Å². The lowest BCUT2D eigenvalue weighted by Gasteiger charge is -2.09. The quantitative estimate of drug-likeness (QED) is 0.568. The number of aromatic nitrogens is 2. The Morgan fingerprint density at radius 3 is 2.70 bits per heavy atom. The molecule has 0 spiro atoms. The van der Waals surface area contributed by atoms with Crippen LogP contribution >= 0.6 is 23.4 Å². The Morgan fingerprint density at radius 2 is 1.96 bits per heavy atom. The van der Waals surface area contributed by atoms with Crippen molar-refractivity contribution < 1.29 is 8.81 Å². The predicted octanol–water partition coefficient (Wildman–Crippen LogP) is 5.69. The highest BCUT2D eigenvalue weighted by molar-refractivity contribution is 7.99. The minimum atomic E-state index is -0.424. The first-order valence-electron chi connectivity index (χ1n) is 7.05. The first kappa shape index (κ1) is 16.0. The normalized spacial score (nSPS) is 12.3. The molecule has 1 unspecified atom stereocenters. The number of hydrogen-bond acceptors (Lipinski definition) is 4. The van der Waals surface area contributed by atoms with E-state index in [0.29, 0.717) is 11.1 Å². The average molecular weight is 349 g/mol. The highest BCUT2D eigenvalue weighted by Crippen LogP contribution is 2.36. The van der Waals surface area contributed by atoms with Crippen LogP contribution in [0.3, 0.4) is 0 Å². The van der Waals surface area contributed by atoms with Crippen LogP contribution in [-0.4, -0.2) is 10.2 Å². The minimum Gasteiger partial charge on any atom is -0.411 e. The Hall–Kier alpha value is -1.85. The van der Waals surface area contributed by atoms with Gasteiger partial charge >= 0.3 is 0 Å². The molecule has 0 aliphatic heterocycles.